The van der Waals surface area contributed by atoms with E-state index in [2.05, 4.69) is 5.32 Å². The lowest BCUT2D eigenvalue weighted by Crippen LogP contribution is -2.23. The number of amides is 3. The molecule has 0 aliphatic carbocycles. The standard InChI is InChI=1S/C22H19N3O3/c23-20(26)16-11-17(21(24)27)13-18(12-16)25-22(28)19(14-7-3-1-4-8-14)15-9-5-2-6-10-15/h1-13,19H,(H2,23,26)(H2,24,27)(H,25,28). The molecule has 5 N–H and O–H groups in total. The van der Waals surface area contributed by atoms with Crippen molar-refractivity contribution in [2.45, 2.75) is 5.92 Å². The highest BCUT2D eigenvalue weighted by atomic mass is 16.2. The average molecular weight is 373 g/mol. The lowest BCUT2D eigenvalue weighted by Gasteiger charge is -2.18. The van der Waals surface area contributed by atoms with Crippen molar-refractivity contribution in [3.8, 4) is 0 Å². The number of carbonyl (C=O) groups is 3. The molecule has 0 heterocycles. The maximum Gasteiger partial charge on any atom is 0.248 e. The van der Waals surface area contributed by atoms with Gasteiger partial charge in [-0.05, 0) is 29.3 Å². The number of carbonyl (C=O) groups excluding carboxylic acids is 3. The quantitative estimate of drug-likeness (QED) is 0.617. The van der Waals surface area contributed by atoms with Crippen LogP contribution in [0.5, 0.6) is 0 Å². The van der Waals surface area contributed by atoms with Crippen molar-refractivity contribution >= 4 is 23.4 Å². The molecule has 140 valence electrons. The van der Waals surface area contributed by atoms with Crippen LogP contribution in [-0.2, 0) is 4.79 Å². The molecule has 0 aliphatic heterocycles. The normalized spacial score (nSPS) is 10.5. The zero-order valence-corrected chi connectivity index (χ0v) is 15.0. The Morgan fingerprint density at radius 2 is 1.11 bits per heavy atom. The van der Waals surface area contributed by atoms with Gasteiger partial charge in [0.2, 0.25) is 17.7 Å². The smallest absolute Gasteiger partial charge is 0.248 e. The maximum atomic E-state index is 13.1. The van der Waals surface area contributed by atoms with Crippen LogP contribution in [0.2, 0.25) is 0 Å². The molecule has 6 nitrogen and oxygen atoms in total. The Labute approximate surface area is 162 Å². The van der Waals surface area contributed by atoms with Gasteiger partial charge in [0.15, 0.2) is 0 Å². The first-order valence-corrected chi connectivity index (χ1v) is 8.61. The van der Waals surface area contributed by atoms with Crippen LogP contribution in [0.25, 0.3) is 0 Å². The third-order valence-corrected chi connectivity index (χ3v) is 4.30. The molecule has 0 aliphatic rings. The number of hydrogen-bond donors (Lipinski definition) is 3. The van der Waals surface area contributed by atoms with Gasteiger partial charge >= 0.3 is 0 Å². The van der Waals surface area contributed by atoms with Crippen LogP contribution in [0, 0.1) is 0 Å². The largest absolute Gasteiger partial charge is 0.366 e. The van der Waals surface area contributed by atoms with Crippen molar-refractivity contribution in [3.05, 3.63) is 101 Å². The minimum absolute atomic E-state index is 0.0857. The fraction of sp³-hybridized carbons (Fsp3) is 0.0455. The van der Waals surface area contributed by atoms with Crippen LogP contribution in [0.15, 0.2) is 78.9 Å². The maximum absolute atomic E-state index is 13.1. The molecule has 3 rings (SSSR count). The summed E-state index contributed by atoms with van der Waals surface area (Å²) in [6, 6.07) is 22.8. The number of anilines is 1. The van der Waals surface area contributed by atoms with Crippen molar-refractivity contribution in [1.82, 2.24) is 0 Å². The molecule has 3 aromatic carbocycles. The van der Waals surface area contributed by atoms with Gasteiger partial charge in [0.25, 0.3) is 0 Å². The Morgan fingerprint density at radius 3 is 1.50 bits per heavy atom. The van der Waals surface area contributed by atoms with E-state index in [-0.39, 0.29) is 22.7 Å². The van der Waals surface area contributed by atoms with Crippen LogP contribution < -0.4 is 16.8 Å². The molecule has 3 amide bonds. The lowest BCUT2D eigenvalue weighted by molar-refractivity contribution is -0.116. The highest BCUT2D eigenvalue weighted by Crippen LogP contribution is 2.27. The van der Waals surface area contributed by atoms with Crippen LogP contribution in [0.1, 0.15) is 37.8 Å². The third kappa shape index (κ3) is 4.24. The number of benzene rings is 3. The van der Waals surface area contributed by atoms with Crippen LogP contribution in [-0.4, -0.2) is 17.7 Å². The van der Waals surface area contributed by atoms with Crippen molar-refractivity contribution < 1.29 is 14.4 Å². The molecular formula is C22H19N3O3. The number of nitrogens with one attached hydrogen (secondary N) is 1. The molecule has 3 aromatic rings. The summed E-state index contributed by atoms with van der Waals surface area (Å²) in [5, 5.41) is 2.78. The van der Waals surface area contributed by atoms with E-state index in [9.17, 15) is 14.4 Å². The van der Waals surface area contributed by atoms with Crippen molar-refractivity contribution in [1.29, 1.82) is 0 Å². The van der Waals surface area contributed by atoms with E-state index in [1.54, 1.807) is 0 Å². The Morgan fingerprint density at radius 1 is 0.679 bits per heavy atom. The van der Waals surface area contributed by atoms with Gasteiger partial charge in [0.05, 0.1) is 5.92 Å². The van der Waals surface area contributed by atoms with Crippen molar-refractivity contribution in [2.24, 2.45) is 11.5 Å². The number of primary amides is 2. The lowest BCUT2D eigenvalue weighted by atomic mass is 9.90. The molecule has 0 fully saturated rings. The van der Waals surface area contributed by atoms with Gasteiger partial charge in [-0.25, -0.2) is 0 Å². The fourth-order valence-corrected chi connectivity index (χ4v) is 2.98. The Balaban J connectivity index is 1.99. The molecule has 28 heavy (non-hydrogen) atoms. The summed E-state index contributed by atoms with van der Waals surface area (Å²) in [5.41, 5.74) is 12.7. The molecule has 0 saturated carbocycles. The first kappa shape index (κ1) is 18.8. The van der Waals surface area contributed by atoms with Gasteiger partial charge in [-0.3, -0.25) is 14.4 Å². The minimum Gasteiger partial charge on any atom is -0.366 e. The monoisotopic (exact) mass is 373 g/mol. The van der Waals surface area contributed by atoms with E-state index in [4.69, 9.17) is 11.5 Å². The number of hydrogen-bond acceptors (Lipinski definition) is 3. The second kappa shape index (κ2) is 8.18. The summed E-state index contributed by atoms with van der Waals surface area (Å²) in [6.45, 7) is 0. The highest BCUT2D eigenvalue weighted by molar-refractivity contribution is 6.03. The van der Waals surface area contributed by atoms with Crippen LogP contribution >= 0.6 is 0 Å². The van der Waals surface area contributed by atoms with Gasteiger partial charge in [-0.1, -0.05) is 60.7 Å². The van der Waals surface area contributed by atoms with Gasteiger partial charge in [0.1, 0.15) is 0 Å². The molecule has 0 spiro atoms. The van der Waals surface area contributed by atoms with E-state index < -0.39 is 17.7 Å². The molecule has 0 aromatic heterocycles. The summed E-state index contributed by atoms with van der Waals surface area (Å²) in [7, 11) is 0. The molecule has 0 unspecified atom stereocenters. The topological polar surface area (TPSA) is 115 Å². The first-order valence-electron chi connectivity index (χ1n) is 8.61. The molecule has 6 heteroatoms. The second-order valence-corrected chi connectivity index (χ2v) is 6.27. The summed E-state index contributed by atoms with van der Waals surface area (Å²) in [6.07, 6.45) is 0. The Hall–Kier alpha value is -3.93. The summed E-state index contributed by atoms with van der Waals surface area (Å²) in [5.74, 6) is -2.33. The second-order valence-electron chi connectivity index (χ2n) is 6.27. The Bertz CT molecular complexity index is 946. The SMILES string of the molecule is NC(=O)c1cc(NC(=O)C(c2ccccc2)c2ccccc2)cc(C(N)=O)c1. The average Bonchev–Trinajstić information content (AvgIpc) is 2.69. The van der Waals surface area contributed by atoms with E-state index in [1.807, 2.05) is 60.7 Å². The van der Waals surface area contributed by atoms with E-state index in [1.165, 1.54) is 18.2 Å². The molecule has 0 saturated heterocycles. The van der Waals surface area contributed by atoms with Gasteiger partial charge in [0, 0.05) is 16.8 Å². The van der Waals surface area contributed by atoms with Crippen molar-refractivity contribution in [2.75, 3.05) is 5.32 Å². The zero-order valence-electron chi connectivity index (χ0n) is 15.0. The molecule has 0 bridgehead atoms. The summed E-state index contributed by atoms with van der Waals surface area (Å²) < 4.78 is 0. The highest BCUT2D eigenvalue weighted by Gasteiger charge is 2.23. The van der Waals surface area contributed by atoms with E-state index in [0.29, 0.717) is 0 Å². The summed E-state index contributed by atoms with van der Waals surface area (Å²) >= 11 is 0. The summed E-state index contributed by atoms with van der Waals surface area (Å²) in [4.78, 5) is 36.2. The Kier molecular flexibility index (Phi) is 5.50. The molecule has 0 atom stereocenters. The van der Waals surface area contributed by atoms with Gasteiger partial charge in [-0.15, -0.1) is 0 Å². The number of nitrogens with two attached hydrogens (primary N) is 2. The van der Waals surface area contributed by atoms with E-state index in [0.717, 1.165) is 11.1 Å². The minimum atomic E-state index is -0.721. The molecule has 0 radical (unpaired) electrons. The van der Waals surface area contributed by atoms with Crippen LogP contribution in [0.3, 0.4) is 0 Å². The van der Waals surface area contributed by atoms with Gasteiger partial charge < -0.3 is 16.8 Å². The number of rotatable bonds is 6. The molecular weight excluding hydrogens is 354 g/mol. The van der Waals surface area contributed by atoms with Gasteiger partial charge in [-0.2, -0.15) is 0 Å². The van der Waals surface area contributed by atoms with E-state index >= 15 is 0 Å². The first-order chi connectivity index (χ1) is 13.5. The zero-order chi connectivity index (χ0) is 20.1. The van der Waals surface area contributed by atoms with Crippen LogP contribution in [0.4, 0.5) is 5.69 Å². The third-order valence-electron chi connectivity index (χ3n) is 4.30. The fourth-order valence-electron chi connectivity index (χ4n) is 2.98. The van der Waals surface area contributed by atoms with Crippen molar-refractivity contribution in [3.63, 3.8) is 0 Å². The predicted octanol–water partition coefficient (Wildman–Crippen LogP) is 2.66. The predicted molar refractivity (Wildman–Crippen MR) is 107 cm³/mol.